The molecule has 3 aromatic rings. The molecule has 0 radical (unpaired) electrons. The monoisotopic (exact) mass is 384 g/mol. The third-order valence-electron chi connectivity index (χ3n) is 3.62. The Bertz CT molecular complexity index is 965. The molecule has 0 aliphatic carbocycles. The van der Waals surface area contributed by atoms with Gasteiger partial charge in [-0.3, -0.25) is 4.79 Å². The fourth-order valence-electron chi connectivity index (χ4n) is 2.31. The second-order valence-electron chi connectivity index (χ2n) is 5.43. The van der Waals surface area contributed by atoms with Crippen LogP contribution in [0.5, 0.6) is 11.5 Å². The molecular weight excluding hydrogens is 368 g/mol. The number of aromatic nitrogens is 2. The van der Waals surface area contributed by atoms with E-state index in [1.807, 2.05) is 0 Å². The number of rotatable bonds is 6. The van der Waals surface area contributed by atoms with Crippen LogP contribution in [0.2, 0.25) is 5.02 Å². The van der Waals surface area contributed by atoms with E-state index < -0.39 is 0 Å². The van der Waals surface area contributed by atoms with Gasteiger partial charge < -0.3 is 20.1 Å². The number of hydrogen-bond acceptors (Lipinski definition) is 6. The van der Waals surface area contributed by atoms with Gasteiger partial charge in [0.15, 0.2) is 0 Å². The average Bonchev–Trinajstić information content (AvgIpc) is 2.68. The highest BCUT2D eigenvalue weighted by molar-refractivity contribution is 6.32. The Morgan fingerprint density at radius 3 is 2.63 bits per heavy atom. The standard InChI is InChI=1S/C19H17ClN4O3/c1-26-14-5-3-4-12(10-14)22-18(25)16-8-9-21-19(24-16)23-13-6-7-17(27-2)15(20)11-13/h3-11H,1-2H3,(H,22,25)(H,21,23,24). The molecule has 0 saturated carbocycles. The van der Waals surface area contributed by atoms with Crippen LogP contribution in [0.15, 0.2) is 54.7 Å². The summed E-state index contributed by atoms with van der Waals surface area (Å²) in [7, 11) is 3.11. The SMILES string of the molecule is COc1cccc(NC(=O)c2ccnc(Nc3ccc(OC)c(Cl)c3)n2)c1. The Kier molecular flexibility index (Phi) is 5.73. The van der Waals surface area contributed by atoms with Gasteiger partial charge in [0.25, 0.3) is 5.91 Å². The van der Waals surface area contributed by atoms with Crippen LogP contribution in [-0.2, 0) is 0 Å². The maximum Gasteiger partial charge on any atom is 0.274 e. The lowest BCUT2D eigenvalue weighted by atomic mass is 10.3. The van der Waals surface area contributed by atoms with Crippen molar-refractivity contribution >= 4 is 34.8 Å². The predicted molar refractivity (Wildman–Crippen MR) is 104 cm³/mol. The van der Waals surface area contributed by atoms with Crippen molar-refractivity contribution in [1.82, 2.24) is 9.97 Å². The van der Waals surface area contributed by atoms with E-state index in [-0.39, 0.29) is 17.5 Å². The quantitative estimate of drug-likeness (QED) is 0.664. The first-order valence-corrected chi connectivity index (χ1v) is 8.36. The zero-order valence-electron chi connectivity index (χ0n) is 14.7. The number of hydrogen-bond donors (Lipinski definition) is 2. The van der Waals surface area contributed by atoms with Crippen molar-refractivity contribution in [3.8, 4) is 11.5 Å². The van der Waals surface area contributed by atoms with Crippen LogP contribution >= 0.6 is 11.6 Å². The van der Waals surface area contributed by atoms with Crippen molar-refractivity contribution in [2.24, 2.45) is 0 Å². The summed E-state index contributed by atoms with van der Waals surface area (Å²) in [6.45, 7) is 0. The Hall–Kier alpha value is -3.32. The number of carbonyl (C=O) groups excluding carboxylic acids is 1. The highest BCUT2D eigenvalue weighted by Crippen LogP contribution is 2.28. The van der Waals surface area contributed by atoms with Gasteiger partial charge in [-0.25, -0.2) is 9.97 Å². The maximum atomic E-state index is 12.4. The van der Waals surface area contributed by atoms with Crippen molar-refractivity contribution in [2.45, 2.75) is 0 Å². The second-order valence-corrected chi connectivity index (χ2v) is 5.83. The fraction of sp³-hybridized carbons (Fsp3) is 0.105. The summed E-state index contributed by atoms with van der Waals surface area (Å²) >= 11 is 6.11. The number of halogens is 1. The lowest BCUT2D eigenvalue weighted by Gasteiger charge is -2.09. The predicted octanol–water partition coefficient (Wildman–Crippen LogP) is 4.14. The summed E-state index contributed by atoms with van der Waals surface area (Å²) in [5, 5.41) is 6.24. The van der Waals surface area contributed by atoms with E-state index in [1.165, 1.54) is 12.3 Å². The normalized spacial score (nSPS) is 10.2. The van der Waals surface area contributed by atoms with Crippen LogP contribution in [0.25, 0.3) is 0 Å². The molecule has 1 heterocycles. The number of nitrogens with one attached hydrogen (secondary N) is 2. The average molecular weight is 385 g/mol. The molecule has 0 aliphatic heterocycles. The molecule has 0 saturated heterocycles. The first kappa shape index (κ1) is 18.5. The number of carbonyl (C=O) groups is 1. The summed E-state index contributed by atoms with van der Waals surface area (Å²) < 4.78 is 10.3. The van der Waals surface area contributed by atoms with Gasteiger partial charge in [-0.15, -0.1) is 0 Å². The van der Waals surface area contributed by atoms with Crippen molar-refractivity contribution < 1.29 is 14.3 Å². The first-order chi connectivity index (χ1) is 13.1. The minimum atomic E-state index is -0.360. The number of benzene rings is 2. The Labute approximate surface area is 161 Å². The zero-order chi connectivity index (χ0) is 19.2. The molecule has 3 rings (SSSR count). The van der Waals surface area contributed by atoms with E-state index in [1.54, 1.807) is 56.7 Å². The molecule has 27 heavy (non-hydrogen) atoms. The number of methoxy groups -OCH3 is 2. The molecule has 0 aliphatic rings. The van der Waals surface area contributed by atoms with Crippen LogP contribution in [-0.4, -0.2) is 30.1 Å². The van der Waals surface area contributed by atoms with Crippen LogP contribution in [0.4, 0.5) is 17.3 Å². The maximum absolute atomic E-state index is 12.4. The van der Waals surface area contributed by atoms with E-state index >= 15 is 0 Å². The molecule has 0 bridgehead atoms. The lowest BCUT2D eigenvalue weighted by molar-refractivity contribution is 0.102. The Morgan fingerprint density at radius 1 is 1.04 bits per heavy atom. The van der Waals surface area contributed by atoms with Gasteiger partial charge >= 0.3 is 0 Å². The van der Waals surface area contributed by atoms with Crippen molar-refractivity contribution in [2.75, 3.05) is 24.9 Å². The topological polar surface area (TPSA) is 85.4 Å². The minimum absolute atomic E-state index is 0.218. The van der Waals surface area contributed by atoms with Gasteiger partial charge in [-0.05, 0) is 36.4 Å². The summed E-state index contributed by atoms with van der Waals surface area (Å²) in [5.74, 6) is 1.12. The largest absolute Gasteiger partial charge is 0.497 e. The van der Waals surface area contributed by atoms with E-state index in [0.717, 1.165) is 0 Å². The molecule has 8 heteroatoms. The number of anilines is 3. The van der Waals surface area contributed by atoms with Gasteiger partial charge in [0, 0.05) is 23.6 Å². The molecule has 138 valence electrons. The first-order valence-electron chi connectivity index (χ1n) is 7.98. The Balaban J connectivity index is 1.74. The van der Waals surface area contributed by atoms with Crippen LogP contribution in [0.3, 0.4) is 0 Å². The molecule has 0 unspecified atom stereocenters. The molecular formula is C19H17ClN4O3. The van der Waals surface area contributed by atoms with Gasteiger partial charge in [-0.2, -0.15) is 0 Å². The van der Waals surface area contributed by atoms with E-state index in [9.17, 15) is 4.79 Å². The molecule has 2 aromatic carbocycles. The van der Waals surface area contributed by atoms with E-state index in [2.05, 4.69) is 20.6 Å². The molecule has 2 N–H and O–H groups in total. The smallest absolute Gasteiger partial charge is 0.274 e. The summed E-state index contributed by atoms with van der Waals surface area (Å²) in [6, 6.07) is 13.8. The van der Waals surface area contributed by atoms with Gasteiger partial charge in [0.1, 0.15) is 17.2 Å². The van der Waals surface area contributed by atoms with Crippen LogP contribution in [0, 0.1) is 0 Å². The van der Waals surface area contributed by atoms with Gasteiger partial charge in [0.05, 0.1) is 19.2 Å². The zero-order valence-corrected chi connectivity index (χ0v) is 15.4. The molecule has 0 atom stereocenters. The molecule has 0 fully saturated rings. The second kappa shape index (κ2) is 8.37. The minimum Gasteiger partial charge on any atom is -0.497 e. The van der Waals surface area contributed by atoms with Crippen LogP contribution in [0.1, 0.15) is 10.5 Å². The van der Waals surface area contributed by atoms with Crippen molar-refractivity contribution in [3.63, 3.8) is 0 Å². The third-order valence-corrected chi connectivity index (χ3v) is 3.92. The Morgan fingerprint density at radius 2 is 1.89 bits per heavy atom. The van der Waals surface area contributed by atoms with Gasteiger partial charge in [0.2, 0.25) is 5.95 Å². The van der Waals surface area contributed by atoms with Gasteiger partial charge in [-0.1, -0.05) is 17.7 Å². The highest BCUT2D eigenvalue weighted by atomic mass is 35.5. The number of amides is 1. The van der Waals surface area contributed by atoms with E-state index in [4.69, 9.17) is 21.1 Å². The number of ether oxygens (including phenoxy) is 2. The lowest BCUT2D eigenvalue weighted by Crippen LogP contribution is -2.14. The summed E-state index contributed by atoms with van der Waals surface area (Å²) in [6.07, 6.45) is 1.50. The number of nitrogens with zero attached hydrogens (tertiary/aromatic N) is 2. The van der Waals surface area contributed by atoms with E-state index in [0.29, 0.717) is 27.9 Å². The molecule has 0 spiro atoms. The third kappa shape index (κ3) is 4.65. The summed E-state index contributed by atoms with van der Waals surface area (Å²) in [5.41, 5.74) is 1.50. The molecule has 1 aromatic heterocycles. The fourth-order valence-corrected chi connectivity index (χ4v) is 2.57. The highest BCUT2D eigenvalue weighted by Gasteiger charge is 2.10. The molecule has 7 nitrogen and oxygen atoms in total. The van der Waals surface area contributed by atoms with Crippen molar-refractivity contribution in [3.05, 3.63) is 65.4 Å². The molecule has 1 amide bonds. The van der Waals surface area contributed by atoms with Crippen molar-refractivity contribution in [1.29, 1.82) is 0 Å². The van der Waals surface area contributed by atoms with Crippen LogP contribution < -0.4 is 20.1 Å². The summed E-state index contributed by atoms with van der Waals surface area (Å²) in [4.78, 5) is 20.8.